The van der Waals surface area contributed by atoms with Gasteiger partial charge >= 0.3 is 5.97 Å². The van der Waals surface area contributed by atoms with Crippen molar-refractivity contribution in [3.8, 4) is 0 Å². The smallest absolute Gasteiger partial charge is 0.312 e. The molecule has 0 saturated heterocycles. The fraction of sp³-hybridized carbons (Fsp3) is 0.364. The lowest BCUT2D eigenvalue weighted by molar-refractivity contribution is -0.138. The molecule has 0 amide bonds. The zero-order valence-electron chi connectivity index (χ0n) is 8.75. The normalized spacial score (nSPS) is 12.5. The highest BCUT2D eigenvalue weighted by atomic mass is 35.5. The fourth-order valence-electron chi connectivity index (χ4n) is 1.58. The van der Waals surface area contributed by atoms with Crippen LogP contribution >= 0.6 is 11.6 Å². The molecule has 0 heterocycles. The van der Waals surface area contributed by atoms with Crippen LogP contribution in [0.1, 0.15) is 22.6 Å². The number of hydrogen-bond acceptors (Lipinski definition) is 2. The second-order valence-electron chi connectivity index (χ2n) is 3.58. The summed E-state index contributed by atoms with van der Waals surface area (Å²) in [5.74, 6) is -1.59. The summed E-state index contributed by atoms with van der Waals surface area (Å²) in [4.78, 5) is 11.0. The Balaban J connectivity index is 3.24. The van der Waals surface area contributed by atoms with Crippen LogP contribution in [0.5, 0.6) is 0 Å². The van der Waals surface area contributed by atoms with Gasteiger partial charge < -0.3 is 10.8 Å². The van der Waals surface area contributed by atoms with Crippen molar-refractivity contribution in [1.29, 1.82) is 0 Å². The summed E-state index contributed by atoms with van der Waals surface area (Å²) in [6.07, 6.45) is 0. The molecule has 3 nitrogen and oxygen atoms in total. The van der Waals surface area contributed by atoms with Crippen LogP contribution in [0.15, 0.2) is 12.1 Å². The van der Waals surface area contributed by atoms with Crippen LogP contribution in [0.4, 0.5) is 0 Å². The van der Waals surface area contributed by atoms with Gasteiger partial charge in [-0.05, 0) is 36.6 Å². The third-order valence-corrected chi connectivity index (χ3v) is 2.86. The van der Waals surface area contributed by atoms with E-state index < -0.39 is 11.9 Å². The summed E-state index contributed by atoms with van der Waals surface area (Å²) in [7, 11) is 0. The number of hydrogen-bond donors (Lipinski definition) is 2. The average Bonchev–Trinajstić information content (AvgIpc) is 2.14. The van der Waals surface area contributed by atoms with E-state index in [1.807, 2.05) is 19.9 Å². The number of rotatable bonds is 3. The number of aliphatic carboxylic acids is 1. The Morgan fingerprint density at radius 2 is 2.07 bits per heavy atom. The van der Waals surface area contributed by atoms with Gasteiger partial charge in [0, 0.05) is 11.6 Å². The summed E-state index contributed by atoms with van der Waals surface area (Å²) < 4.78 is 0. The molecule has 0 aromatic heterocycles. The highest BCUT2D eigenvalue weighted by Gasteiger charge is 2.20. The summed E-state index contributed by atoms with van der Waals surface area (Å²) in [5, 5.41) is 9.57. The molecule has 1 aromatic carbocycles. The molecular weight excluding hydrogens is 214 g/mol. The number of aryl methyl sites for hydroxylation is 2. The molecule has 0 bridgehead atoms. The Morgan fingerprint density at radius 3 is 2.53 bits per heavy atom. The van der Waals surface area contributed by atoms with Crippen LogP contribution in [0, 0.1) is 13.8 Å². The van der Waals surface area contributed by atoms with Gasteiger partial charge in [-0.15, -0.1) is 0 Å². The maximum Gasteiger partial charge on any atom is 0.312 e. The first-order valence-corrected chi connectivity index (χ1v) is 5.04. The second kappa shape index (κ2) is 4.64. The molecule has 4 heteroatoms. The lowest BCUT2D eigenvalue weighted by Gasteiger charge is -2.14. The van der Waals surface area contributed by atoms with Gasteiger partial charge in [-0.25, -0.2) is 0 Å². The summed E-state index contributed by atoms with van der Waals surface area (Å²) in [5.41, 5.74) is 7.99. The lowest BCUT2D eigenvalue weighted by atomic mass is 9.93. The summed E-state index contributed by atoms with van der Waals surface area (Å²) in [6.45, 7) is 3.83. The first-order chi connectivity index (χ1) is 6.97. The predicted molar refractivity (Wildman–Crippen MR) is 60.4 cm³/mol. The highest BCUT2D eigenvalue weighted by molar-refractivity contribution is 6.31. The predicted octanol–water partition coefficient (Wildman–Crippen LogP) is 2.08. The molecule has 82 valence electrons. The van der Waals surface area contributed by atoms with Gasteiger partial charge in [-0.2, -0.15) is 0 Å². The van der Waals surface area contributed by atoms with E-state index in [9.17, 15) is 4.79 Å². The van der Waals surface area contributed by atoms with Gasteiger partial charge in [0.1, 0.15) is 0 Å². The van der Waals surface area contributed by atoms with E-state index in [0.29, 0.717) is 10.6 Å². The van der Waals surface area contributed by atoms with Crippen molar-refractivity contribution in [3.05, 3.63) is 33.8 Å². The minimum absolute atomic E-state index is 0.0789. The maximum absolute atomic E-state index is 11.0. The molecule has 1 aromatic rings. The number of carbonyl (C=O) groups is 1. The fourth-order valence-corrected chi connectivity index (χ4v) is 1.75. The van der Waals surface area contributed by atoms with E-state index in [1.54, 1.807) is 6.07 Å². The molecule has 0 aliphatic heterocycles. The van der Waals surface area contributed by atoms with Crippen molar-refractivity contribution in [2.24, 2.45) is 5.73 Å². The highest BCUT2D eigenvalue weighted by Crippen LogP contribution is 2.26. The first kappa shape index (κ1) is 12.0. The topological polar surface area (TPSA) is 63.3 Å². The van der Waals surface area contributed by atoms with Gasteiger partial charge in [0.05, 0.1) is 5.92 Å². The maximum atomic E-state index is 11.0. The van der Waals surface area contributed by atoms with Crippen LogP contribution in [-0.4, -0.2) is 17.6 Å². The van der Waals surface area contributed by atoms with Crippen molar-refractivity contribution in [2.75, 3.05) is 6.54 Å². The van der Waals surface area contributed by atoms with Gasteiger partial charge in [-0.3, -0.25) is 4.79 Å². The van der Waals surface area contributed by atoms with Crippen molar-refractivity contribution < 1.29 is 9.90 Å². The van der Waals surface area contributed by atoms with Crippen LogP contribution in [0.2, 0.25) is 5.02 Å². The molecule has 0 saturated carbocycles. The number of carboxylic acids is 1. The van der Waals surface area contributed by atoms with Gasteiger partial charge in [0.2, 0.25) is 0 Å². The third-order valence-electron chi connectivity index (χ3n) is 2.46. The van der Waals surface area contributed by atoms with Crippen molar-refractivity contribution in [1.82, 2.24) is 0 Å². The molecular formula is C11H14ClNO2. The molecule has 1 rings (SSSR count). The zero-order chi connectivity index (χ0) is 11.6. The number of halogens is 1. The minimum atomic E-state index is -0.916. The molecule has 0 aliphatic carbocycles. The van der Waals surface area contributed by atoms with Crippen LogP contribution in [-0.2, 0) is 4.79 Å². The Hall–Kier alpha value is -1.06. The Morgan fingerprint density at radius 1 is 1.47 bits per heavy atom. The Kier molecular flexibility index (Phi) is 3.72. The largest absolute Gasteiger partial charge is 0.481 e. The van der Waals surface area contributed by atoms with Crippen molar-refractivity contribution >= 4 is 17.6 Å². The summed E-state index contributed by atoms with van der Waals surface area (Å²) >= 11 is 5.96. The Labute approximate surface area is 93.9 Å². The van der Waals surface area contributed by atoms with Crippen molar-refractivity contribution in [3.63, 3.8) is 0 Å². The third kappa shape index (κ3) is 2.49. The van der Waals surface area contributed by atoms with Gasteiger partial charge in [-0.1, -0.05) is 17.7 Å². The monoisotopic (exact) mass is 227 g/mol. The van der Waals surface area contributed by atoms with Crippen LogP contribution in [0.25, 0.3) is 0 Å². The summed E-state index contributed by atoms with van der Waals surface area (Å²) in [6, 6.07) is 3.57. The van der Waals surface area contributed by atoms with E-state index in [0.717, 1.165) is 11.1 Å². The van der Waals surface area contributed by atoms with E-state index in [2.05, 4.69) is 0 Å². The Bertz CT molecular complexity index is 390. The van der Waals surface area contributed by atoms with E-state index in [-0.39, 0.29) is 6.54 Å². The van der Waals surface area contributed by atoms with Crippen LogP contribution < -0.4 is 5.73 Å². The minimum Gasteiger partial charge on any atom is -0.481 e. The first-order valence-electron chi connectivity index (χ1n) is 4.67. The van der Waals surface area contributed by atoms with E-state index >= 15 is 0 Å². The zero-order valence-corrected chi connectivity index (χ0v) is 9.51. The molecule has 0 radical (unpaired) electrons. The number of nitrogens with two attached hydrogens (primary N) is 1. The van der Waals surface area contributed by atoms with Crippen LogP contribution in [0.3, 0.4) is 0 Å². The van der Waals surface area contributed by atoms with E-state index in [1.165, 1.54) is 0 Å². The number of carboxylic acid groups (broad SMARTS) is 1. The van der Waals surface area contributed by atoms with Gasteiger partial charge in [0.25, 0.3) is 0 Å². The van der Waals surface area contributed by atoms with Gasteiger partial charge in [0.15, 0.2) is 0 Å². The lowest BCUT2D eigenvalue weighted by Crippen LogP contribution is -2.22. The molecule has 1 atom stereocenters. The molecule has 0 aliphatic rings. The van der Waals surface area contributed by atoms with Crippen molar-refractivity contribution in [2.45, 2.75) is 19.8 Å². The van der Waals surface area contributed by atoms with E-state index in [4.69, 9.17) is 22.4 Å². The average molecular weight is 228 g/mol. The number of benzene rings is 1. The molecule has 0 spiro atoms. The SMILES string of the molecule is Cc1cc(C)c(C(CN)C(=O)O)cc1Cl. The molecule has 3 N–H and O–H groups in total. The standard InChI is InChI=1S/C11H14ClNO2/c1-6-3-7(2)10(12)4-8(6)9(5-13)11(14)15/h3-4,9H,5,13H2,1-2H3,(H,14,15). The second-order valence-corrected chi connectivity index (χ2v) is 3.99. The molecule has 0 fully saturated rings. The molecule has 1 unspecified atom stereocenters. The quantitative estimate of drug-likeness (QED) is 0.831. The molecule has 15 heavy (non-hydrogen) atoms.